The van der Waals surface area contributed by atoms with Crippen LogP contribution >= 0.6 is 0 Å². The van der Waals surface area contributed by atoms with Gasteiger partial charge < -0.3 is 10.1 Å². The molecular formula is C6H5F3N2O3. The monoisotopic (exact) mass is 210 g/mol. The highest BCUT2D eigenvalue weighted by Gasteiger charge is 2.29. The van der Waals surface area contributed by atoms with Crippen LogP contribution in [-0.4, -0.2) is 26.8 Å². The lowest BCUT2D eigenvalue weighted by Gasteiger charge is -2.04. The predicted octanol–water partition coefficient (Wildman–Crippen LogP) is 0.437. The fourth-order valence-corrected chi connectivity index (χ4v) is 0.853. The fraction of sp³-hybridized carbons (Fsp3) is 0.333. The van der Waals surface area contributed by atoms with E-state index in [1.165, 1.54) is 0 Å². The third-order valence-electron chi connectivity index (χ3n) is 1.37. The maximum absolute atomic E-state index is 11.8. The first-order chi connectivity index (χ1) is 6.29. The molecule has 2 N–H and O–H groups in total. The van der Waals surface area contributed by atoms with Crippen LogP contribution in [0.25, 0.3) is 0 Å². The van der Waals surface area contributed by atoms with Crippen molar-refractivity contribution >= 4 is 5.97 Å². The molecule has 0 aromatic carbocycles. The number of carbonyl (C=O) groups is 1. The van der Waals surface area contributed by atoms with E-state index in [4.69, 9.17) is 5.11 Å². The van der Waals surface area contributed by atoms with E-state index in [0.717, 1.165) is 0 Å². The Balaban J connectivity index is 3.00. The zero-order valence-corrected chi connectivity index (χ0v) is 6.63. The Morgan fingerprint density at radius 1 is 1.57 bits per heavy atom. The molecule has 0 radical (unpaired) electrons. The van der Waals surface area contributed by atoms with Crippen molar-refractivity contribution in [2.24, 2.45) is 0 Å². The molecule has 0 unspecified atom stereocenters. The molecule has 14 heavy (non-hydrogen) atoms. The molecule has 0 spiro atoms. The van der Waals surface area contributed by atoms with Crippen LogP contribution in [0.15, 0.2) is 11.0 Å². The van der Waals surface area contributed by atoms with E-state index in [1.54, 1.807) is 4.98 Å². The van der Waals surface area contributed by atoms with Gasteiger partial charge in [-0.05, 0) is 0 Å². The van der Waals surface area contributed by atoms with E-state index in [9.17, 15) is 22.8 Å². The molecule has 8 heteroatoms. The largest absolute Gasteiger partial charge is 0.477 e. The van der Waals surface area contributed by atoms with Gasteiger partial charge in [-0.3, -0.25) is 4.57 Å². The van der Waals surface area contributed by atoms with Gasteiger partial charge in [0.1, 0.15) is 12.2 Å². The number of aromatic nitrogens is 2. The number of hydrogen-bond donors (Lipinski definition) is 2. The van der Waals surface area contributed by atoms with Crippen LogP contribution in [0.4, 0.5) is 13.2 Å². The molecule has 1 heterocycles. The minimum atomic E-state index is -4.55. The number of rotatable bonds is 2. The van der Waals surface area contributed by atoms with Gasteiger partial charge in [-0.1, -0.05) is 0 Å². The van der Waals surface area contributed by atoms with E-state index in [0.29, 0.717) is 6.20 Å². The number of H-pyrrole nitrogens is 1. The summed E-state index contributed by atoms with van der Waals surface area (Å²) < 4.78 is 35.7. The van der Waals surface area contributed by atoms with Crippen molar-refractivity contribution < 1.29 is 23.1 Å². The van der Waals surface area contributed by atoms with Gasteiger partial charge >= 0.3 is 17.8 Å². The molecule has 78 valence electrons. The molecule has 0 aliphatic carbocycles. The first-order valence-electron chi connectivity index (χ1n) is 3.39. The summed E-state index contributed by atoms with van der Waals surface area (Å²) in [7, 11) is 0. The highest BCUT2D eigenvalue weighted by molar-refractivity contribution is 5.84. The summed E-state index contributed by atoms with van der Waals surface area (Å²) in [5.74, 6) is -1.48. The van der Waals surface area contributed by atoms with Crippen molar-refractivity contribution in [1.82, 2.24) is 9.55 Å². The molecule has 0 amide bonds. The van der Waals surface area contributed by atoms with Gasteiger partial charge in [-0.2, -0.15) is 13.2 Å². The third-order valence-corrected chi connectivity index (χ3v) is 1.37. The summed E-state index contributed by atoms with van der Waals surface area (Å²) in [6, 6.07) is 0. The molecule has 1 rings (SSSR count). The summed E-state index contributed by atoms with van der Waals surface area (Å²) in [6.07, 6.45) is -3.94. The summed E-state index contributed by atoms with van der Waals surface area (Å²) in [4.78, 5) is 22.8. The van der Waals surface area contributed by atoms with Gasteiger partial charge in [0, 0.05) is 6.20 Å². The van der Waals surface area contributed by atoms with Gasteiger partial charge in [0.05, 0.1) is 0 Å². The fourth-order valence-electron chi connectivity index (χ4n) is 0.853. The van der Waals surface area contributed by atoms with Crippen LogP contribution in [0.1, 0.15) is 10.5 Å². The number of alkyl halides is 3. The van der Waals surface area contributed by atoms with Crippen LogP contribution < -0.4 is 5.69 Å². The zero-order valence-electron chi connectivity index (χ0n) is 6.63. The summed E-state index contributed by atoms with van der Waals surface area (Å²) >= 11 is 0. The molecule has 0 saturated carbocycles. The number of carboxylic acid groups (broad SMARTS) is 1. The van der Waals surface area contributed by atoms with E-state index >= 15 is 0 Å². The number of aromatic amines is 1. The Labute approximate surface area is 74.8 Å². The van der Waals surface area contributed by atoms with E-state index < -0.39 is 30.1 Å². The van der Waals surface area contributed by atoms with Gasteiger partial charge in [-0.15, -0.1) is 0 Å². The Hall–Kier alpha value is -1.73. The molecule has 0 aliphatic rings. The molecule has 0 aliphatic heterocycles. The van der Waals surface area contributed by atoms with Gasteiger partial charge in [-0.25, -0.2) is 9.59 Å². The van der Waals surface area contributed by atoms with Gasteiger partial charge in [0.15, 0.2) is 0 Å². The van der Waals surface area contributed by atoms with Crippen molar-refractivity contribution in [3.63, 3.8) is 0 Å². The first-order valence-corrected chi connectivity index (χ1v) is 3.39. The lowest BCUT2D eigenvalue weighted by molar-refractivity contribution is -0.141. The summed E-state index contributed by atoms with van der Waals surface area (Å²) in [5, 5.41) is 8.36. The number of carboxylic acids is 1. The van der Waals surface area contributed by atoms with E-state index in [1.807, 2.05) is 0 Å². The third kappa shape index (κ3) is 2.38. The molecule has 1 aromatic heterocycles. The number of nitrogens with zero attached hydrogens (tertiary/aromatic N) is 1. The van der Waals surface area contributed by atoms with Crippen LogP contribution in [0.5, 0.6) is 0 Å². The molecule has 0 bridgehead atoms. The number of nitrogens with one attached hydrogen (secondary N) is 1. The normalized spacial score (nSPS) is 11.6. The Morgan fingerprint density at radius 3 is 2.50 bits per heavy atom. The highest BCUT2D eigenvalue weighted by Crippen LogP contribution is 2.16. The topological polar surface area (TPSA) is 75.1 Å². The summed E-state index contributed by atoms with van der Waals surface area (Å²) in [5.41, 5.74) is -1.67. The Bertz CT molecular complexity index is 403. The molecule has 0 saturated heterocycles. The number of halogens is 3. The maximum Gasteiger partial charge on any atom is 0.406 e. The highest BCUT2D eigenvalue weighted by atomic mass is 19.4. The second-order valence-corrected chi connectivity index (χ2v) is 2.52. The quantitative estimate of drug-likeness (QED) is 0.743. The molecule has 0 fully saturated rings. The average molecular weight is 210 g/mol. The average Bonchev–Trinajstić information content (AvgIpc) is 2.29. The first kappa shape index (κ1) is 10.4. The van der Waals surface area contributed by atoms with E-state index in [-0.39, 0.29) is 4.57 Å². The number of hydrogen-bond acceptors (Lipinski definition) is 2. The second-order valence-electron chi connectivity index (χ2n) is 2.52. The molecule has 0 atom stereocenters. The van der Waals surface area contributed by atoms with Crippen LogP contribution in [0.2, 0.25) is 0 Å². The smallest absolute Gasteiger partial charge is 0.406 e. The van der Waals surface area contributed by atoms with Gasteiger partial charge in [0.2, 0.25) is 0 Å². The SMILES string of the molecule is O=C(O)c1cn(CC(F)(F)F)c(=O)[nH]1. The second kappa shape index (κ2) is 3.20. The van der Waals surface area contributed by atoms with Crippen LogP contribution in [-0.2, 0) is 6.54 Å². The van der Waals surface area contributed by atoms with Crippen LogP contribution in [0, 0.1) is 0 Å². The minimum Gasteiger partial charge on any atom is -0.477 e. The maximum atomic E-state index is 11.8. The molecule has 1 aromatic rings. The van der Waals surface area contributed by atoms with Crippen molar-refractivity contribution in [2.75, 3.05) is 0 Å². The lowest BCUT2D eigenvalue weighted by atomic mass is 10.5. The van der Waals surface area contributed by atoms with Crippen molar-refractivity contribution in [2.45, 2.75) is 12.7 Å². The molecular weight excluding hydrogens is 205 g/mol. The van der Waals surface area contributed by atoms with Gasteiger partial charge in [0.25, 0.3) is 0 Å². The van der Waals surface area contributed by atoms with Crippen molar-refractivity contribution in [3.8, 4) is 0 Å². The lowest BCUT2D eigenvalue weighted by Crippen LogP contribution is -2.25. The Kier molecular flexibility index (Phi) is 2.37. The Morgan fingerprint density at radius 2 is 2.14 bits per heavy atom. The number of imidazole rings is 1. The standard InChI is InChI=1S/C6H5F3N2O3/c7-6(8,9)2-11-1-3(4(12)13)10-5(11)14/h1H,2H2,(H,10,14)(H,12,13). The van der Waals surface area contributed by atoms with E-state index in [2.05, 4.69) is 0 Å². The van der Waals surface area contributed by atoms with Crippen LogP contribution in [0.3, 0.4) is 0 Å². The summed E-state index contributed by atoms with van der Waals surface area (Å²) in [6.45, 7) is -1.50. The van der Waals surface area contributed by atoms with Crippen molar-refractivity contribution in [1.29, 1.82) is 0 Å². The molecule has 5 nitrogen and oxygen atoms in total. The zero-order chi connectivity index (χ0) is 10.9. The minimum absolute atomic E-state index is 0.253. The predicted molar refractivity (Wildman–Crippen MR) is 38.1 cm³/mol. The van der Waals surface area contributed by atoms with Crippen molar-refractivity contribution in [3.05, 3.63) is 22.4 Å². The number of aromatic carboxylic acids is 1.